The summed E-state index contributed by atoms with van der Waals surface area (Å²) in [6.45, 7) is 2.53. The average Bonchev–Trinajstić information content (AvgIpc) is 2.70. The molecular formula is C21H26N2O6P2+2. The van der Waals surface area contributed by atoms with E-state index in [2.05, 4.69) is 6.07 Å². The predicted octanol–water partition coefficient (Wildman–Crippen LogP) is 2.26. The normalized spacial score (nSPS) is 12.2. The molecule has 3 rings (SSSR count). The molecule has 0 bridgehead atoms. The van der Waals surface area contributed by atoms with Gasteiger partial charge in [-0.3, -0.25) is 9.13 Å². The third kappa shape index (κ3) is 7.18. The first kappa shape index (κ1) is 23.5. The van der Waals surface area contributed by atoms with Crippen molar-refractivity contribution in [3.8, 4) is 22.3 Å². The fourth-order valence-electron chi connectivity index (χ4n) is 3.24. The smallest absolute Gasteiger partial charge is 0.324 e. The first-order chi connectivity index (χ1) is 14.5. The van der Waals surface area contributed by atoms with E-state index in [0.717, 1.165) is 27.8 Å². The summed E-state index contributed by atoms with van der Waals surface area (Å²) in [5.41, 5.74) is 5.21. The SMILES string of the molecule is Cc1cc(-c2cc[n+](CCP(=O)(O)O)cc2)ccc1-c1cc[n+](CCP(=O)(O)O)cc1. The second kappa shape index (κ2) is 9.53. The molecule has 1 aromatic carbocycles. The molecule has 10 heteroatoms. The highest BCUT2D eigenvalue weighted by atomic mass is 31.2. The van der Waals surface area contributed by atoms with Gasteiger partial charge >= 0.3 is 15.2 Å². The number of rotatable bonds is 8. The van der Waals surface area contributed by atoms with Gasteiger partial charge in [0.2, 0.25) is 0 Å². The number of benzene rings is 1. The summed E-state index contributed by atoms with van der Waals surface area (Å²) in [4.78, 5) is 36.0. The zero-order chi connectivity index (χ0) is 22.6. The molecule has 2 heterocycles. The van der Waals surface area contributed by atoms with E-state index in [4.69, 9.17) is 19.6 Å². The third-order valence-corrected chi connectivity index (χ3v) is 6.52. The first-order valence-electron chi connectivity index (χ1n) is 9.69. The monoisotopic (exact) mass is 464 g/mol. The molecule has 0 amide bonds. The highest BCUT2D eigenvalue weighted by Gasteiger charge is 2.17. The maximum atomic E-state index is 11.0. The van der Waals surface area contributed by atoms with Gasteiger partial charge in [0.15, 0.2) is 37.9 Å². The minimum absolute atomic E-state index is 0.193. The molecule has 31 heavy (non-hydrogen) atoms. The number of aryl methyl sites for hydroxylation is 3. The van der Waals surface area contributed by atoms with E-state index < -0.39 is 15.2 Å². The second-order valence-corrected chi connectivity index (χ2v) is 11.0. The van der Waals surface area contributed by atoms with Crippen molar-refractivity contribution in [2.24, 2.45) is 0 Å². The summed E-state index contributed by atoms with van der Waals surface area (Å²) < 4.78 is 25.5. The zero-order valence-corrected chi connectivity index (χ0v) is 18.9. The van der Waals surface area contributed by atoms with Gasteiger partial charge in [-0.2, -0.15) is 0 Å². The van der Waals surface area contributed by atoms with E-state index in [1.54, 1.807) is 9.13 Å². The van der Waals surface area contributed by atoms with Crippen LogP contribution in [0.1, 0.15) is 5.56 Å². The van der Waals surface area contributed by atoms with Crippen LogP contribution in [-0.4, -0.2) is 31.9 Å². The van der Waals surface area contributed by atoms with Crippen LogP contribution in [0, 0.1) is 6.92 Å². The van der Waals surface area contributed by atoms with Crippen LogP contribution < -0.4 is 9.13 Å². The van der Waals surface area contributed by atoms with Gasteiger partial charge in [-0.25, -0.2) is 9.13 Å². The van der Waals surface area contributed by atoms with Gasteiger partial charge in [0.25, 0.3) is 0 Å². The Morgan fingerprint density at radius 1 is 0.677 bits per heavy atom. The quantitative estimate of drug-likeness (QED) is 0.300. The maximum absolute atomic E-state index is 11.0. The van der Waals surface area contributed by atoms with Crippen molar-refractivity contribution in [1.29, 1.82) is 0 Å². The van der Waals surface area contributed by atoms with Crippen LogP contribution in [0.2, 0.25) is 0 Å². The number of hydrogen-bond acceptors (Lipinski definition) is 2. The van der Waals surface area contributed by atoms with E-state index in [9.17, 15) is 9.13 Å². The second-order valence-electron chi connectivity index (χ2n) is 7.46. The first-order valence-corrected chi connectivity index (χ1v) is 13.3. The molecule has 0 saturated heterocycles. The van der Waals surface area contributed by atoms with Gasteiger partial charge in [-0.05, 0) is 34.7 Å². The van der Waals surface area contributed by atoms with Crippen LogP contribution in [0.4, 0.5) is 0 Å². The number of pyridine rings is 2. The van der Waals surface area contributed by atoms with E-state index >= 15 is 0 Å². The number of aromatic nitrogens is 2. The lowest BCUT2D eigenvalue weighted by Gasteiger charge is -2.09. The topological polar surface area (TPSA) is 123 Å². The third-order valence-electron chi connectivity index (χ3n) is 4.95. The average molecular weight is 464 g/mol. The van der Waals surface area contributed by atoms with Crippen molar-refractivity contribution >= 4 is 15.2 Å². The Balaban J connectivity index is 1.72. The number of nitrogens with zero attached hydrogens (tertiary/aromatic N) is 2. The van der Waals surface area contributed by atoms with Crippen molar-refractivity contribution in [3.05, 3.63) is 72.8 Å². The molecule has 0 aliphatic heterocycles. The Kier molecular flexibility index (Phi) is 7.22. The van der Waals surface area contributed by atoms with Crippen molar-refractivity contribution in [2.45, 2.75) is 20.0 Å². The van der Waals surface area contributed by atoms with E-state index in [1.165, 1.54) is 0 Å². The fraction of sp³-hybridized carbons (Fsp3) is 0.238. The summed E-state index contributed by atoms with van der Waals surface area (Å²) in [5, 5.41) is 0. The Labute approximate surface area is 180 Å². The minimum atomic E-state index is -4.02. The summed E-state index contributed by atoms with van der Waals surface area (Å²) in [6.07, 6.45) is 6.85. The van der Waals surface area contributed by atoms with E-state index in [1.807, 2.05) is 68.1 Å². The van der Waals surface area contributed by atoms with Gasteiger partial charge < -0.3 is 19.6 Å². The molecule has 8 nitrogen and oxygen atoms in total. The van der Waals surface area contributed by atoms with E-state index in [-0.39, 0.29) is 25.4 Å². The van der Waals surface area contributed by atoms with Gasteiger partial charge in [0.1, 0.15) is 12.3 Å². The van der Waals surface area contributed by atoms with Crippen LogP contribution in [-0.2, 0) is 22.2 Å². The Bertz CT molecular complexity index is 1140. The lowest BCUT2D eigenvalue weighted by Crippen LogP contribution is -2.34. The molecule has 0 unspecified atom stereocenters. The highest BCUT2D eigenvalue weighted by molar-refractivity contribution is 7.51. The molecule has 0 aliphatic carbocycles. The largest absolute Gasteiger partial charge is 0.331 e. The molecular weight excluding hydrogens is 438 g/mol. The van der Waals surface area contributed by atoms with Gasteiger partial charge in [0.05, 0.1) is 0 Å². The molecule has 4 N–H and O–H groups in total. The van der Waals surface area contributed by atoms with Crippen LogP contribution in [0.15, 0.2) is 67.3 Å². The lowest BCUT2D eigenvalue weighted by molar-refractivity contribution is -0.692. The Morgan fingerprint density at radius 3 is 1.55 bits per heavy atom. The standard InChI is InChI=1S/C21H24N2O6P2/c1-17-16-20(18-4-8-22(9-5-18)12-14-30(24,25)26)2-3-21(17)19-6-10-23(11-7-19)13-15-31(27,28)29/h2-11,16H,12-15H2,1H3,(H2-2,24,25,26,27,28,29)/p+2. The van der Waals surface area contributed by atoms with Crippen molar-refractivity contribution in [2.75, 3.05) is 12.3 Å². The molecule has 0 aliphatic rings. The van der Waals surface area contributed by atoms with Crippen LogP contribution in [0.5, 0.6) is 0 Å². The van der Waals surface area contributed by atoms with Crippen molar-refractivity contribution < 1.29 is 37.8 Å². The van der Waals surface area contributed by atoms with Crippen LogP contribution >= 0.6 is 15.2 Å². The fourth-order valence-corrected chi connectivity index (χ4v) is 4.23. The molecule has 2 aromatic heterocycles. The maximum Gasteiger partial charge on any atom is 0.331 e. The molecule has 0 spiro atoms. The van der Waals surface area contributed by atoms with Crippen molar-refractivity contribution in [1.82, 2.24) is 0 Å². The van der Waals surface area contributed by atoms with E-state index in [0.29, 0.717) is 0 Å². The van der Waals surface area contributed by atoms with Crippen molar-refractivity contribution in [3.63, 3.8) is 0 Å². The molecule has 0 atom stereocenters. The molecule has 3 aromatic rings. The summed E-state index contributed by atoms with van der Waals surface area (Å²) in [7, 11) is -8.03. The molecule has 0 fully saturated rings. The van der Waals surface area contributed by atoms with Gasteiger partial charge in [0, 0.05) is 24.3 Å². The summed E-state index contributed by atoms with van der Waals surface area (Å²) in [6, 6.07) is 13.8. The zero-order valence-electron chi connectivity index (χ0n) is 17.1. The van der Waals surface area contributed by atoms with Gasteiger partial charge in [-0.15, -0.1) is 0 Å². The van der Waals surface area contributed by atoms with Gasteiger partial charge in [-0.1, -0.05) is 18.2 Å². The molecule has 0 radical (unpaired) electrons. The summed E-state index contributed by atoms with van der Waals surface area (Å²) >= 11 is 0. The Morgan fingerprint density at radius 2 is 1.13 bits per heavy atom. The predicted molar refractivity (Wildman–Crippen MR) is 116 cm³/mol. The summed E-state index contributed by atoms with van der Waals surface area (Å²) in [5.74, 6) is 0. The molecule has 164 valence electrons. The molecule has 0 saturated carbocycles. The number of hydrogen-bond donors (Lipinski definition) is 4. The lowest BCUT2D eigenvalue weighted by atomic mass is 9.96. The van der Waals surface area contributed by atoms with Crippen LogP contribution in [0.25, 0.3) is 22.3 Å². The Hall–Kier alpha value is -2.18. The minimum Gasteiger partial charge on any atom is -0.324 e. The highest BCUT2D eigenvalue weighted by Crippen LogP contribution is 2.34. The van der Waals surface area contributed by atoms with Crippen LogP contribution in [0.3, 0.4) is 0 Å².